The van der Waals surface area contributed by atoms with E-state index in [1.165, 1.54) is 5.56 Å². The van der Waals surface area contributed by atoms with Crippen LogP contribution in [0, 0.1) is 0 Å². The van der Waals surface area contributed by atoms with Crippen LogP contribution in [0.25, 0.3) is 22.0 Å². The van der Waals surface area contributed by atoms with E-state index in [9.17, 15) is 4.79 Å². The number of carbonyl (C=O) groups is 1. The van der Waals surface area contributed by atoms with Crippen LogP contribution in [-0.2, 0) is 4.74 Å². The molecular formula is C33H38N6O2. The number of rotatable bonds is 8. The third kappa shape index (κ3) is 6.05. The van der Waals surface area contributed by atoms with Crippen molar-refractivity contribution in [2.45, 2.75) is 12.0 Å². The lowest BCUT2D eigenvalue weighted by molar-refractivity contribution is 0.159. The SMILES string of the molecule is COCCN1C[C@@H](NC(=O)Nc2c(-c3ccccc3)nc(N3CCNCC3)c3ccccc23)[C@H](c2ccccc2)C1. The molecule has 3 heterocycles. The number of anilines is 2. The molecule has 0 unspecified atom stereocenters. The van der Waals surface area contributed by atoms with Gasteiger partial charge in [-0.3, -0.25) is 4.90 Å². The van der Waals surface area contributed by atoms with Gasteiger partial charge in [-0.05, 0) is 5.56 Å². The van der Waals surface area contributed by atoms with E-state index in [1.807, 2.05) is 36.4 Å². The summed E-state index contributed by atoms with van der Waals surface area (Å²) < 4.78 is 5.33. The van der Waals surface area contributed by atoms with Crippen molar-refractivity contribution in [2.24, 2.45) is 0 Å². The minimum atomic E-state index is -0.219. The van der Waals surface area contributed by atoms with Crippen molar-refractivity contribution in [3.63, 3.8) is 0 Å². The van der Waals surface area contributed by atoms with Gasteiger partial charge in [-0.1, -0.05) is 84.9 Å². The van der Waals surface area contributed by atoms with Crippen molar-refractivity contribution in [2.75, 3.05) is 69.7 Å². The summed E-state index contributed by atoms with van der Waals surface area (Å²) in [5.74, 6) is 1.15. The normalized spacial score (nSPS) is 19.4. The van der Waals surface area contributed by atoms with Crippen LogP contribution >= 0.6 is 0 Å². The molecule has 212 valence electrons. The van der Waals surface area contributed by atoms with Crippen LogP contribution in [0.2, 0.25) is 0 Å². The number of hydrogen-bond donors (Lipinski definition) is 3. The van der Waals surface area contributed by atoms with Gasteiger partial charge in [0.1, 0.15) is 5.82 Å². The number of piperazine rings is 1. The quantitative estimate of drug-likeness (QED) is 0.299. The molecule has 1 aromatic heterocycles. The first-order valence-corrected chi connectivity index (χ1v) is 14.5. The summed E-state index contributed by atoms with van der Waals surface area (Å²) in [5, 5.41) is 12.0. The number of urea groups is 1. The summed E-state index contributed by atoms with van der Waals surface area (Å²) in [5.41, 5.74) is 3.71. The summed E-state index contributed by atoms with van der Waals surface area (Å²) in [4.78, 5) is 23.7. The first-order chi connectivity index (χ1) is 20.2. The Balaban J connectivity index is 1.33. The number of ether oxygens (including phenoxy) is 1. The molecule has 0 saturated carbocycles. The van der Waals surface area contributed by atoms with Gasteiger partial charge >= 0.3 is 6.03 Å². The molecule has 2 atom stereocenters. The highest BCUT2D eigenvalue weighted by Gasteiger charge is 2.35. The number of aromatic nitrogens is 1. The zero-order valence-corrected chi connectivity index (χ0v) is 23.6. The number of nitrogens with zero attached hydrogens (tertiary/aromatic N) is 3. The third-order valence-electron chi connectivity index (χ3n) is 8.15. The number of benzene rings is 3. The molecule has 0 bridgehead atoms. The highest BCUT2D eigenvalue weighted by Crippen LogP contribution is 2.38. The maximum absolute atomic E-state index is 13.8. The van der Waals surface area contributed by atoms with E-state index in [0.29, 0.717) is 6.61 Å². The Labute approximate surface area is 241 Å². The van der Waals surface area contributed by atoms with E-state index >= 15 is 0 Å². The van der Waals surface area contributed by atoms with Gasteiger partial charge in [0.05, 0.1) is 24.0 Å². The number of methoxy groups -OCH3 is 1. The number of amides is 2. The molecule has 2 fully saturated rings. The highest BCUT2D eigenvalue weighted by molar-refractivity contribution is 6.10. The van der Waals surface area contributed by atoms with Gasteiger partial charge in [-0.25, -0.2) is 9.78 Å². The Morgan fingerprint density at radius 3 is 2.34 bits per heavy atom. The number of nitrogens with one attached hydrogen (secondary N) is 3. The number of pyridine rings is 1. The second kappa shape index (κ2) is 12.7. The smallest absolute Gasteiger partial charge is 0.319 e. The lowest BCUT2D eigenvalue weighted by atomic mass is 9.94. The van der Waals surface area contributed by atoms with Crippen LogP contribution < -0.4 is 20.9 Å². The molecule has 2 aliphatic rings. The molecule has 2 amide bonds. The second-order valence-corrected chi connectivity index (χ2v) is 10.8. The van der Waals surface area contributed by atoms with E-state index in [1.54, 1.807) is 7.11 Å². The third-order valence-corrected chi connectivity index (χ3v) is 8.15. The largest absolute Gasteiger partial charge is 0.383 e. The molecule has 41 heavy (non-hydrogen) atoms. The molecule has 2 saturated heterocycles. The molecule has 0 aliphatic carbocycles. The molecular weight excluding hydrogens is 512 g/mol. The molecule has 8 nitrogen and oxygen atoms in total. The Kier molecular flexibility index (Phi) is 8.41. The summed E-state index contributed by atoms with van der Waals surface area (Å²) in [7, 11) is 1.73. The average molecular weight is 551 g/mol. The molecule has 8 heteroatoms. The molecule has 0 radical (unpaired) electrons. The van der Waals surface area contributed by atoms with E-state index in [4.69, 9.17) is 9.72 Å². The molecule has 6 rings (SSSR count). The zero-order valence-electron chi connectivity index (χ0n) is 23.6. The van der Waals surface area contributed by atoms with Crippen molar-refractivity contribution < 1.29 is 9.53 Å². The minimum absolute atomic E-state index is 0.0335. The van der Waals surface area contributed by atoms with Crippen molar-refractivity contribution in [3.8, 4) is 11.3 Å². The van der Waals surface area contributed by atoms with Crippen molar-refractivity contribution in [1.29, 1.82) is 0 Å². The van der Waals surface area contributed by atoms with Gasteiger partial charge in [0.25, 0.3) is 0 Å². The van der Waals surface area contributed by atoms with Crippen LogP contribution in [0.1, 0.15) is 11.5 Å². The average Bonchev–Trinajstić information content (AvgIpc) is 3.43. The fraction of sp³-hybridized carbons (Fsp3) is 0.333. The maximum Gasteiger partial charge on any atom is 0.319 e. The van der Waals surface area contributed by atoms with Crippen molar-refractivity contribution >= 4 is 28.3 Å². The molecule has 2 aliphatic heterocycles. The van der Waals surface area contributed by atoms with Crippen LogP contribution in [0.15, 0.2) is 84.9 Å². The summed E-state index contributed by atoms with van der Waals surface area (Å²) >= 11 is 0. The first-order valence-electron chi connectivity index (χ1n) is 14.5. The van der Waals surface area contributed by atoms with E-state index in [0.717, 1.165) is 79.3 Å². The van der Waals surface area contributed by atoms with Crippen LogP contribution in [0.5, 0.6) is 0 Å². The van der Waals surface area contributed by atoms with Gasteiger partial charge in [0.15, 0.2) is 0 Å². The lowest BCUT2D eigenvalue weighted by Gasteiger charge is -2.30. The second-order valence-electron chi connectivity index (χ2n) is 10.8. The fourth-order valence-corrected chi connectivity index (χ4v) is 6.09. The van der Waals surface area contributed by atoms with Crippen molar-refractivity contribution in [1.82, 2.24) is 20.5 Å². The van der Waals surface area contributed by atoms with Crippen LogP contribution in [-0.4, -0.2) is 81.5 Å². The Hall–Kier alpha value is -3.98. The van der Waals surface area contributed by atoms with Crippen molar-refractivity contribution in [3.05, 3.63) is 90.5 Å². The zero-order chi connectivity index (χ0) is 28.0. The summed E-state index contributed by atoms with van der Waals surface area (Å²) in [6.45, 7) is 6.76. The van der Waals surface area contributed by atoms with Crippen LogP contribution in [0.3, 0.4) is 0 Å². The number of carbonyl (C=O) groups excluding carboxylic acids is 1. The Bertz CT molecular complexity index is 1460. The summed E-state index contributed by atoms with van der Waals surface area (Å²) in [6.07, 6.45) is 0. The molecule has 3 aromatic carbocycles. The Morgan fingerprint density at radius 1 is 0.927 bits per heavy atom. The van der Waals surface area contributed by atoms with Gasteiger partial charge in [0.2, 0.25) is 0 Å². The molecule has 0 spiro atoms. The number of fused-ring (bicyclic) bond motifs is 1. The van der Waals surface area contributed by atoms with Gasteiger partial charge in [-0.2, -0.15) is 0 Å². The van der Waals surface area contributed by atoms with Gasteiger partial charge < -0.3 is 25.6 Å². The predicted molar refractivity (Wildman–Crippen MR) is 166 cm³/mol. The number of hydrogen-bond acceptors (Lipinski definition) is 6. The van der Waals surface area contributed by atoms with E-state index < -0.39 is 0 Å². The standard InChI is InChI=1S/C33H38N6O2/c1-41-21-20-38-22-28(24-10-4-2-5-11-24)29(23-38)35-33(40)37-31-26-14-8-9-15-27(26)32(39-18-16-34-17-19-39)36-30(31)25-12-6-3-7-13-25/h2-15,28-29,34H,16-23H2,1H3,(H2,35,37,40)/t28-,29+/m0/s1. The topological polar surface area (TPSA) is 81.8 Å². The van der Waals surface area contributed by atoms with E-state index in [-0.39, 0.29) is 18.0 Å². The monoisotopic (exact) mass is 550 g/mol. The number of likely N-dealkylation sites (tertiary alicyclic amines) is 1. The lowest BCUT2D eigenvalue weighted by Crippen LogP contribution is -2.44. The van der Waals surface area contributed by atoms with Gasteiger partial charge in [-0.15, -0.1) is 0 Å². The van der Waals surface area contributed by atoms with Gasteiger partial charge in [0, 0.05) is 75.2 Å². The minimum Gasteiger partial charge on any atom is -0.383 e. The molecule has 4 aromatic rings. The molecule has 3 N–H and O–H groups in total. The highest BCUT2D eigenvalue weighted by atomic mass is 16.5. The summed E-state index contributed by atoms with van der Waals surface area (Å²) in [6, 6.07) is 28.6. The van der Waals surface area contributed by atoms with E-state index in [2.05, 4.69) is 74.3 Å². The maximum atomic E-state index is 13.8. The fourth-order valence-electron chi connectivity index (χ4n) is 6.09. The first kappa shape index (κ1) is 27.2. The Morgan fingerprint density at radius 2 is 1.61 bits per heavy atom. The predicted octanol–water partition coefficient (Wildman–Crippen LogP) is 4.55. The van der Waals surface area contributed by atoms with Crippen LogP contribution in [0.4, 0.5) is 16.3 Å².